The molecule has 1 aromatic rings. The first-order chi connectivity index (χ1) is 12.6. The summed E-state index contributed by atoms with van der Waals surface area (Å²) in [5.41, 5.74) is -3.73. The van der Waals surface area contributed by atoms with Crippen LogP contribution in [0.25, 0.3) is 0 Å². The van der Waals surface area contributed by atoms with Crippen molar-refractivity contribution in [2.75, 3.05) is 20.8 Å². The van der Waals surface area contributed by atoms with Crippen LogP contribution in [-0.4, -0.2) is 49.8 Å². The summed E-state index contributed by atoms with van der Waals surface area (Å²) in [6.07, 6.45) is -5.34. The van der Waals surface area contributed by atoms with Gasteiger partial charge in [-0.05, 0) is 24.6 Å². The Balaban J connectivity index is 2.60. The Morgan fingerprint density at radius 3 is 2.41 bits per heavy atom. The van der Waals surface area contributed by atoms with Gasteiger partial charge in [-0.25, -0.2) is 4.79 Å². The molecule has 0 aromatic heterocycles. The lowest BCUT2D eigenvalue weighted by molar-refractivity contribution is -0.294. The van der Waals surface area contributed by atoms with Gasteiger partial charge < -0.3 is 30.0 Å². The standard InChI is InChI=1S/C16H19F3N2O6/c1-4-27-13(22)11-12(8-5-6-9(25-2)10(7-8)26-3)20-14(23)21-15(11,24)16(17,18)19/h5-7,11-12,24H,4H2,1-3H3,(H2,20,21,23)/t11-,12+,15+/m1/s1. The molecule has 8 nitrogen and oxygen atoms in total. The Morgan fingerprint density at radius 1 is 1.26 bits per heavy atom. The van der Waals surface area contributed by atoms with Crippen LogP contribution in [0.4, 0.5) is 18.0 Å². The van der Waals surface area contributed by atoms with Gasteiger partial charge >= 0.3 is 18.2 Å². The van der Waals surface area contributed by atoms with E-state index >= 15 is 0 Å². The van der Waals surface area contributed by atoms with Crippen LogP contribution in [-0.2, 0) is 9.53 Å². The van der Waals surface area contributed by atoms with E-state index in [-0.39, 0.29) is 17.9 Å². The summed E-state index contributed by atoms with van der Waals surface area (Å²) in [6, 6.07) is 1.22. The number of urea groups is 1. The van der Waals surface area contributed by atoms with Crippen molar-refractivity contribution in [3.8, 4) is 11.5 Å². The average molecular weight is 392 g/mol. The fraction of sp³-hybridized carbons (Fsp3) is 0.500. The molecule has 3 N–H and O–H groups in total. The number of halogens is 3. The molecular weight excluding hydrogens is 373 g/mol. The van der Waals surface area contributed by atoms with Gasteiger partial charge in [0.1, 0.15) is 5.92 Å². The topological polar surface area (TPSA) is 106 Å². The number of methoxy groups -OCH3 is 2. The highest BCUT2D eigenvalue weighted by atomic mass is 19.4. The molecule has 0 bridgehead atoms. The van der Waals surface area contributed by atoms with Gasteiger partial charge in [-0.3, -0.25) is 4.79 Å². The van der Waals surface area contributed by atoms with Gasteiger partial charge in [0.15, 0.2) is 11.5 Å². The molecule has 0 unspecified atom stereocenters. The summed E-state index contributed by atoms with van der Waals surface area (Å²) in [7, 11) is 2.69. The predicted molar refractivity (Wildman–Crippen MR) is 85.1 cm³/mol. The molecule has 27 heavy (non-hydrogen) atoms. The Morgan fingerprint density at radius 2 is 1.89 bits per heavy atom. The van der Waals surface area contributed by atoms with Crippen molar-refractivity contribution >= 4 is 12.0 Å². The van der Waals surface area contributed by atoms with E-state index in [1.54, 1.807) is 0 Å². The average Bonchev–Trinajstić information content (AvgIpc) is 2.59. The second kappa shape index (κ2) is 7.51. The fourth-order valence-corrected chi connectivity index (χ4v) is 2.86. The number of benzene rings is 1. The van der Waals surface area contributed by atoms with Gasteiger partial charge in [0.25, 0.3) is 5.72 Å². The molecule has 0 aliphatic carbocycles. The first kappa shape index (κ1) is 20.6. The zero-order valence-electron chi connectivity index (χ0n) is 14.7. The van der Waals surface area contributed by atoms with Crippen LogP contribution in [0.15, 0.2) is 18.2 Å². The summed E-state index contributed by atoms with van der Waals surface area (Å²) in [5, 5.41) is 13.9. The Bertz CT molecular complexity index is 727. The van der Waals surface area contributed by atoms with Crippen LogP contribution in [0.2, 0.25) is 0 Å². The van der Waals surface area contributed by atoms with Gasteiger partial charge in [0.2, 0.25) is 0 Å². The van der Waals surface area contributed by atoms with Gasteiger partial charge in [0.05, 0.1) is 26.9 Å². The van der Waals surface area contributed by atoms with E-state index in [4.69, 9.17) is 14.2 Å². The number of aliphatic hydroxyl groups is 1. The minimum atomic E-state index is -5.34. The molecule has 1 aromatic carbocycles. The number of esters is 1. The van der Waals surface area contributed by atoms with E-state index in [1.165, 1.54) is 44.7 Å². The Kier molecular flexibility index (Phi) is 5.73. The van der Waals surface area contributed by atoms with Crippen molar-refractivity contribution in [3.63, 3.8) is 0 Å². The maximum Gasteiger partial charge on any atom is 0.437 e. The number of nitrogens with one attached hydrogen (secondary N) is 2. The quantitative estimate of drug-likeness (QED) is 0.656. The smallest absolute Gasteiger partial charge is 0.437 e. The maximum absolute atomic E-state index is 13.6. The Labute approximate surface area is 152 Å². The zero-order valence-corrected chi connectivity index (χ0v) is 14.7. The Hall–Kier alpha value is -2.69. The van der Waals surface area contributed by atoms with Gasteiger partial charge in [-0.1, -0.05) is 6.07 Å². The van der Waals surface area contributed by atoms with Crippen molar-refractivity contribution in [2.45, 2.75) is 24.9 Å². The van der Waals surface area contributed by atoms with Gasteiger partial charge in [0, 0.05) is 0 Å². The normalized spacial score (nSPS) is 25.2. The lowest BCUT2D eigenvalue weighted by atomic mass is 9.82. The molecule has 150 valence electrons. The number of rotatable bonds is 5. The van der Waals surface area contributed by atoms with Crippen molar-refractivity contribution in [1.82, 2.24) is 10.6 Å². The second-order valence-corrected chi connectivity index (χ2v) is 5.68. The minimum Gasteiger partial charge on any atom is -0.493 e. The number of carbonyl (C=O) groups excluding carboxylic acids is 2. The van der Waals surface area contributed by atoms with E-state index in [2.05, 4.69) is 5.32 Å². The van der Waals surface area contributed by atoms with Crippen molar-refractivity contribution < 1.29 is 42.1 Å². The van der Waals surface area contributed by atoms with E-state index in [1.807, 2.05) is 0 Å². The minimum absolute atomic E-state index is 0.0863. The molecule has 0 saturated carbocycles. The zero-order chi connectivity index (χ0) is 20.4. The summed E-state index contributed by atoms with van der Waals surface area (Å²) in [5.74, 6) is -3.07. The first-order valence-corrected chi connectivity index (χ1v) is 7.85. The molecule has 0 spiro atoms. The lowest BCUT2D eigenvalue weighted by Gasteiger charge is -2.44. The van der Waals surface area contributed by atoms with Gasteiger partial charge in [-0.15, -0.1) is 0 Å². The van der Waals surface area contributed by atoms with Crippen molar-refractivity contribution in [2.24, 2.45) is 5.92 Å². The SMILES string of the molecule is CCOC(=O)[C@H]1[C@H](c2ccc(OC)c(OC)c2)NC(=O)N[C@@]1(O)C(F)(F)F. The molecule has 1 fully saturated rings. The molecule has 1 heterocycles. The molecule has 1 saturated heterocycles. The number of amides is 2. The third kappa shape index (κ3) is 3.72. The summed E-state index contributed by atoms with van der Waals surface area (Å²) >= 11 is 0. The molecule has 1 aliphatic heterocycles. The predicted octanol–water partition coefficient (Wildman–Crippen LogP) is 1.49. The van der Waals surface area contributed by atoms with Crippen LogP contribution in [0.5, 0.6) is 11.5 Å². The van der Waals surface area contributed by atoms with Gasteiger partial charge in [-0.2, -0.15) is 13.2 Å². The molecule has 1 aliphatic rings. The molecule has 3 atom stereocenters. The summed E-state index contributed by atoms with van der Waals surface area (Å²) in [6.45, 7) is 1.20. The highest BCUT2D eigenvalue weighted by molar-refractivity contribution is 5.83. The number of alkyl halides is 3. The number of hydrogen-bond donors (Lipinski definition) is 3. The van der Waals surface area contributed by atoms with E-state index in [0.29, 0.717) is 5.75 Å². The summed E-state index contributed by atoms with van der Waals surface area (Å²) < 4.78 is 55.6. The molecular formula is C16H19F3N2O6. The molecule has 2 rings (SSSR count). The highest BCUT2D eigenvalue weighted by Gasteiger charge is 2.67. The number of ether oxygens (including phenoxy) is 3. The first-order valence-electron chi connectivity index (χ1n) is 7.85. The molecule has 0 radical (unpaired) electrons. The van der Waals surface area contributed by atoms with E-state index < -0.39 is 35.9 Å². The molecule has 11 heteroatoms. The van der Waals surface area contributed by atoms with Crippen LogP contribution in [0.3, 0.4) is 0 Å². The third-order valence-corrected chi connectivity index (χ3v) is 4.11. The summed E-state index contributed by atoms with van der Waals surface area (Å²) in [4.78, 5) is 24.1. The highest BCUT2D eigenvalue weighted by Crippen LogP contribution is 2.44. The van der Waals surface area contributed by atoms with Crippen LogP contribution >= 0.6 is 0 Å². The number of carbonyl (C=O) groups is 2. The number of hydrogen-bond acceptors (Lipinski definition) is 6. The fourth-order valence-electron chi connectivity index (χ4n) is 2.86. The third-order valence-electron chi connectivity index (χ3n) is 4.11. The largest absolute Gasteiger partial charge is 0.493 e. The lowest BCUT2D eigenvalue weighted by Crippen LogP contribution is -2.73. The van der Waals surface area contributed by atoms with Crippen LogP contribution < -0.4 is 20.1 Å². The van der Waals surface area contributed by atoms with E-state index in [9.17, 15) is 27.9 Å². The van der Waals surface area contributed by atoms with Crippen molar-refractivity contribution in [3.05, 3.63) is 23.8 Å². The van der Waals surface area contributed by atoms with Crippen LogP contribution in [0.1, 0.15) is 18.5 Å². The van der Waals surface area contributed by atoms with Crippen molar-refractivity contribution in [1.29, 1.82) is 0 Å². The van der Waals surface area contributed by atoms with E-state index in [0.717, 1.165) is 0 Å². The van der Waals surface area contributed by atoms with Crippen LogP contribution in [0, 0.1) is 5.92 Å². The second-order valence-electron chi connectivity index (χ2n) is 5.68. The monoisotopic (exact) mass is 392 g/mol. The molecule has 2 amide bonds. The maximum atomic E-state index is 13.6.